The quantitative estimate of drug-likeness (QED) is 0.571. The van der Waals surface area contributed by atoms with Crippen molar-refractivity contribution < 1.29 is 9.47 Å². The van der Waals surface area contributed by atoms with Crippen LogP contribution in [-0.4, -0.2) is 21.9 Å². The predicted molar refractivity (Wildman–Crippen MR) is 104 cm³/mol. The van der Waals surface area contributed by atoms with Gasteiger partial charge in [-0.25, -0.2) is 0 Å². The van der Waals surface area contributed by atoms with Gasteiger partial charge < -0.3 is 14.0 Å². The minimum atomic E-state index is -0.180. The Bertz CT molecular complexity index is 879. The van der Waals surface area contributed by atoms with Gasteiger partial charge in [0.2, 0.25) is 0 Å². The number of hydrogen-bond acceptors (Lipinski definition) is 5. The Kier molecular flexibility index (Phi) is 5.83. The lowest BCUT2D eigenvalue weighted by molar-refractivity contribution is 0.211. The molecule has 1 atom stereocenters. The van der Waals surface area contributed by atoms with Gasteiger partial charge in [0.15, 0.2) is 17.1 Å². The maximum Gasteiger partial charge on any atom is 0.191 e. The second-order valence-electron chi connectivity index (χ2n) is 6.12. The first-order valence-electron chi connectivity index (χ1n) is 8.45. The molecule has 0 amide bonds. The SMILES string of the molecule is COc1cccc(CSc2nnc(C(C)Oc3cccc(C)c3)n2C)c1. The summed E-state index contributed by atoms with van der Waals surface area (Å²) in [5, 5.41) is 9.50. The van der Waals surface area contributed by atoms with Crippen LogP contribution in [0, 0.1) is 6.92 Å². The fraction of sp³-hybridized carbons (Fsp3) is 0.300. The number of aryl methyl sites for hydroxylation is 1. The lowest BCUT2D eigenvalue weighted by atomic mass is 10.2. The van der Waals surface area contributed by atoms with Crippen LogP contribution in [0.5, 0.6) is 11.5 Å². The lowest BCUT2D eigenvalue weighted by Gasteiger charge is -2.14. The van der Waals surface area contributed by atoms with Crippen LogP contribution in [0.25, 0.3) is 0 Å². The normalized spacial score (nSPS) is 12.0. The van der Waals surface area contributed by atoms with Crippen LogP contribution in [0.1, 0.15) is 30.0 Å². The fourth-order valence-corrected chi connectivity index (χ4v) is 3.52. The molecule has 0 radical (unpaired) electrons. The van der Waals surface area contributed by atoms with E-state index in [9.17, 15) is 0 Å². The molecule has 0 aliphatic rings. The number of thioether (sulfide) groups is 1. The van der Waals surface area contributed by atoms with Crippen molar-refractivity contribution >= 4 is 11.8 Å². The maximum absolute atomic E-state index is 6.02. The van der Waals surface area contributed by atoms with Gasteiger partial charge >= 0.3 is 0 Å². The van der Waals surface area contributed by atoms with Crippen molar-refractivity contribution in [2.75, 3.05) is 7.11 Å². The van der Waals surface area contributed by atoms with Gasteiger partial charge in [-0.2, -0.15) is 0 Å². The van der Waals surface area contributed by atoms with E-state index in [0.717, 1.165) is 28.2 Å². The first-order chi connectivity index (χ1) is 12.6. The Balaban J connectivity index is 1.67. The number of rotatable bonds is 7. The smallest absolute Gasteiger partial charge is 0.191 e. The van der Waals surface area contributed by atoms with E-state index in [4.69, 9.17) is 9.47 Å². The summed E-state index contributed by atoms with van der Waals surface area (Å²) in [5.41, 5.74) is 2.35. The highest BCUT2D eigenvalue weighted by atomic mass is 32.2. The standard InChI is InChI=1S/C20H23N3O2S/c1-14-7-5-10-18(11-14)25-15(2)19-21-22-20(23(19)3)26-13-16-8-6-9-17(12-16)24-4/h5-12,15H,13H2,1-4H3. The van der Waals surface area contributed by atoms with Gasteiger partial charge in [-0.1, -0.05) is 36.0 Å². The molecule has 0 saturated carbocycles. The van der Waals surface area contributed by atoms with Crippen LogP contribution in [-0.2, 0) is 12.8 Å². The summed E-state index contributed by atoms with van der Waals surface area (Å²) >= 11 is 1.64. The minimum absolute atomic E-state index is 0.180. The Morgan fingerprint density at radius 1 is 1.08 bits per heavy atom. The van der Waals surface area contributed by atoms with E-state index in [1.165, 1.54) is 11.1 Å². The third-order valence-electron chi connectivity index (χ3n) is 4.04. The number of benzene rings is 2. The topological polar surface area (TPSA) is 49.2 Å². The third kappa shape index (κ3) is 4.38. The monoisotopic (exact) mass is 369 g/mol. The number of hydrogen-bond donors (Lipinski definition) is 0. The van der Waals surface area contributed by atoms with Crippen LogP contribution in [0.3, 0.4) is 0 Å². The molecule has 3 rings (SSSR count). The molecule has 0 aliphatic carbocycles. The zero-order valence-corrected chi connectivity index (χ0v) is 16.3. The van der Waals surface area contributed by atoms with Gasteiger partial charge in [0, 0.05) is 12.8 Å². The largest absolute Gasteiger partial charge is 0.497 e. The molecule has 2 aromatic carbocycles. The second kappa shape index (κ2) is 8.27. The highest BCUT2D eigenvalue weighted by Crippen LogP contribution is 2.26. The van der Waals surface area contributed by atoms with Crippen molar-refractivity contribution in [2.45, 2.75) is 30.9 Å². The van der Waals surface area contributed by atoms with Gasteiger partial charge in [-0.05, 0) is 49.2 Å². The highest BCUT2D eigenvalue weighted by molar-refractivity contribution is 7.98. The number of ether oxygens (including phenoxy) is 2. The van der Waals surface area contributed by atoms with Crippen molar-refractivity contribution in [2.24, 2.45) is 7.05 Å². The van der Waals surface area contributed by atoms with E-state index >= 15 is 0 Å². The highest BCUT2D eigenvalue weighted by Gasteiger charge is 2.17. The molecule has 0 fully saturated rings. The number of aromatic nitrogens is 3. The van der Waals surface area contributed by atoms with E-state index in [-0.39, 0.29) is 6.10 Å². The molecule has 1 heterocycles. The van der Waals surface area contributed by atoms with E-state index in [1.54, 1.807) is 18.9 Å². The molecule has 1 aromatic heterocycles. The molecule has 3 aromatic rings. The molecule has 0 saturated heterocycles. The number of methoxy groups -OCH3 is 1. The summed E-state index contributed by atoms with van der Waals surface area (Å²) in [4.78, 5) is 0. The first kappa shape index (κ1) is 18.3. The third-order valence-corrected chi connectivity index (χ3v) is 5.13. The Labute approximate surface area is 158 Å². The molecule has 26 heavy (non-hydrogen) atoms. The summed E-state index contributed by atoms with van der Waals surface area (Å²) in [5.74, 6) is 3.31. The Morgan fingerprint density at radius 2 is 1.85 bits per heavy atom. The molecular formula is C20H23N3O2S. The van der Waals surface area contributed by atoms with E-state index < -0.39 is 0 Å². The van der Waals surface area contributed by atoms with Gasteiger partial charge in [0.1, 0.15) is 11.5 Å². The van der Waals surface area contributed by atoms with Gasteiger partial charge in [-0.3, -0.25) is 0 Å². The summed E-state index contributed by atoms with van der Waals surface area (Å²) in [6.45, 7) is 4.04. The Morgan fingerprint density at radius 3 is 2.62 bits per heavy atom. The average Bonchev–Trinajstić information content (AvgIpc) is 3.01. The summed E-state index contributed by atoms with van der Waals surface area (Å²) in [6.07, 6.45) is -0.180. The van der Waals surface area contributed by atoms with E-state index in [2.05, 4.69) is 16.3 Å². The van der Waals surface area contributed by atoms with Crippen LogP contribution in [0.2, 0.25) is 0 Å². The maximum atomic E-state index is 6.02. The molecule has 0 N–H and O–H groups in total. The van der Waals surface area contributed by atoms with Gasteiger partial charge in [0.05, 0.1) is 7.11 Å². The second-order valence-corrected chi connectivity index (χ2v) is 7.06. The first-order valence-corrected chi connectivity index (χ1v) is 9.43. The van der Waals surface area contributed by atoms with Crippen LogP contribution < -0.4 is 9.47 Å². The van der Waals surface area contributed by atoms with Crippen molar-refractivity contribution in [3.63, 3.8) is 0 Å². The van der Waals surface area contributed by atoms with Crippen LogP contribution >= 0.6 is 11.8 Å². The van der Waals surface area contributed by atoms with Gasteiger partial charge in [-0.15, -0.1) is 10.2 Å². The fourth-order valence-electron chi connectivity index (χ4n) is 2.66. The van der Waals surface area contributed by atoms with Crippen molar-refractivity contribution in [3.8, 4) is 11.5 Å². The average molecular weight is 369 g/mol. The molecule has 5 nitrogen and oxygen atoms in total. The molecule has 6 heteroatoms. The van der Waals surface area contributed by atoms with E-state index in [0.29, 0.717) is 0 Å². The van der Waals surface area contributed by atoms with Gasteiger partial charge in [0.25, 0.3) is 0 Å². The summed E-state index contributed by atoms with van der Waals surface area (Å²) < 4.78 is 13.3. The number of nitrogens with zero attached hydrogens (tertiary/aromatic N) is 3. The molecule has 0 spiro atoms. The van der Waals surface area contributed by atoms with Crippen LogP contribution in [0.4, 0.5) is 0 Å². The molecule has 0 bridgehead atoms. The molecular weight excluding hydrogens is 346 g/mol. The molecule has 0 aliphatic heterocycles. The van der Waals surface area contributed by atoms with Crippen molar-refractivity contribution in [1.29, 1.82) is 0 Å². The minimum Gasteiger partial charge on any atom is -0.497 e. The molecule has 1 unspecified atom stereocenters. The zero-order valence-electron chi connectivity index (χ0n) is 15.5. The molecule has 136 valence electrons. The van der Waals surface area contributed by atoms with Crippen molar-refractivity contribution in [3.05, 3.63) is 65.5 Å². The van der Waals surface area contributed by atoms with E-state index in [1.807, 2.05) is 67.9 Å². The lowest BCUT2D eigenvalue weighted by Crippen LogP contribution is -2.10. The van der Waals surface area contributed by atoms with Crippen LogP contribution in [0.15, 0.2) is 53.7 Å². The predicted octanol–water partition coefficient (Wildman–Crippen LogP) is 4.56. The van der Waals surface area contributed by atoms with Crippen molar-refractivity contribution in [1.82, 2.24) is 14.8 Å². The summed E-state index contributed by atoms with van der Waals surface area (Å²) in [7, 11) is 3.65. The Hall–Kier alpha value is -2.47. The zero-order chi connectivity index (χ0) is 18.5. The summed E-state index contributed by atoms with van der Waals surface area (Å²) in [6, 6.07) is 16.1.